The van der Waals surface area contributed by atoms with E-state index in [9.17, 15) is 8.78 Å². The summed E-state index contributed by atoms with van der Waals surface area (Å²) in [5.41, 5.74) is 4.09. The molecule has 6 heteroatoms. The molecule has 1 unspecified atom stereocenters. The molecule has 1 aliphatic rings. The second-order valence-corrected chi connectivity index (χ2v) is 3.71. The average molecular weight is 208 g/mol. The van der Waals surface area contributed by atoms with Crippen molar-refractivity contribution in [3.05, 3.63) is 17.2 Å². The van der Waals surface area contributed by atoms with Crippen LogP contribution < -0.4 is 5.73 Å². The van der Waals surface area contributed by atoms with Crippen molar-refractivity contribution in [2.24, 2.45) is 12.8 Å². The SMILES string of the molecule is Cn1cnc(Cl)c1C1(N)CC1(F)F. The molecule has 0 radical (unpaired) electrons. The number of hydrogen-bond acceptors (Lipinski definition) is 2. The molecule has 1 fully saturated rings. The van der Waals surface area contributed by atoms with Gasteiger partial charge in [0.15, 0.2) is 5.15 Å². The zero-order valence-corrected chi connectivity index (χ0v) is 7.65. The Labute approximate surface area is 78.5 Å². The lowest BCUT2D eigenvalue weighted by molar-refractivity contribution is 0.0874. The molecule has 0 saturated heterocycles. The second-order valence-electron chi connectivity index (χ2n) is 3.35. The molecule has 72 valence electrons. The first kappa shape index (κ1) is 8.90. The quantitative estimate of drug-likeness (QED) is 0.754. The summed E-state index contributed by atoms with van der Waals surface area (Å²) in [6, 6.07) is 0. The van der Waals surface area contributed by atoms with Gasteiger partial charge in [0.25, 0.3) is 5.92 Å². The van der Waals surface area contributed by atoms with Crippen LogP contribution in [0.4, 0.5) is 8.78 Å². The van der Waals surface area contributed by atoms with E-state index in [1.54, 1.807) is 7.05 Å². The number of halogens is 3. The highest BCUT2D eigenvalue weighted by molar-refractivity contribution is 6.30. The molecule has 0 aliphatic heterocycles. The standard InChI is InChI=1S/C7H8ClF2N3/c1-13-3-12-5(8)4(13)6(11)2-7(6,9)10/h3H,2,11H2,1H3. The highest BCUT2D eigenvalue weighted by Gasteiger charge is 2.72. The monoisotopic (exact) mass is 207 g/mol. The number of aryl methyl sites for hydroxylation is 1. The van der Waals surface area contributed by atoms with E-state index in [1.807, 2.05) is 0 Å². The van der Waals surface area contributed by atoms with E-state index in [0.29, 0.717) is 0 Å². The molecule has 13 heavy (non-hydrogen) atoms. The first-order chi connectivity index (χ1) is 5.88. The van der Waals surface area contributed by atoms with Gasteiger partial charge in [0.1, 0.15) is 5.54 Å². The lowest BCUT2D eigenvalue weighted by Crippen LogP contribution is -2.29. The smallest absolute Gasteiger partial charge is 0.273 e. The third-order valence-corrected chi connectivity index (χ3v) is 2.62. The first-order valence-corrected chi connectivity index (χ1v) is 4.10. The van der Waals surface area contributed by atoms with Crippen LogP contribution in [0.25, 0.3) is 0 Å². The van der Waals surface area contributed by atoms with Crippen molar-refractivity contribution in [3.8, 4) is 0 Å². The molecule has 1 atom stereocenters. The Balaban J connectivity index is 2.48. The maximum atomic E-state index is 12.9. The topological polar surface area (TPSA) is 43.8 Å². The predicted octanol–water partition coefficient (Wildman–Crippen LogP) is 1.27. The van der Waals surface area contributed by atoms with Gasteiger partial charge in [0.2, 0.25) is 0 Å². The van der Waals surface area contributed by atoms with Crippen molar-refractivity contribution in [2.45, 2.75) is 17.9 Å². The van der Waals surface area contributed by atoms with Crippen molar-refractivity contribution < 1.29 is 8.78 Å². The normalized spacial score (nSPS) is 30.5. The lowest BCUT2D eigenvalue weighted by Gasteiger charge is -2.11. The number of nitrogens with two attached hydrogens (primary N) is 1. The number of alkyl halides is 2. The first-order valence-electron chi connectivity index (χ1n) is 3.72. The van der Waals surface area contributed by atoms with E-state index in [4.69, 9.17) is 17.3 Å². The zero-order chi connectivity index (χ0) is 9.85. The van der Waals surface area contributed by atoms with Crippen LogP contribution in [0, 0.1) is 0 Å². The van der Waals surface area contributed by atoms with Crippen LogP contribution in [0.15, 0.2) is 6.33 Å². The van der Waals surface area contributed by atoms with Gasteiger partial charge in [-0.3, -0.25) is 0 Å². The Morgan fingerprint density at radius 2 is 2.23 bits per heavy atom. The Morgan fingerprint density at radius 3 is 2.54 bits per heavy atom. The van der Waals surface area contributed by atoms with Gasteiger partial charge in [-0.05, 0) is 0 Å². The number of rotatable bonds is 1. The fraction of sp³-hybridized carbons (Fsp3) is 0.571. The maximum Gasteiger partial charge on any atom is 0.273 e. The second kappa shape index (κ2) is 2.22. The number of nitrogens with zero attached hydrogens (tertiary/aromatic N) is 2. The summed E-state index contributed by atoms with van der Waals surface area (Å²) in [4.78, 5) is 3.70. The van der Waals surface area contributed by atoms with Gasteiger partial charge < -0.3 is 10.3 Å². The van der Waals surface area contributed by atoms with Gasteiger partial charge in [-0.15, -0.1) is 0 Å². The van der Waals surface area contributed by atoms with E-state index >= 15 is 0 Å². The maximum absolute atomic E-state index is 12.9. The molecular formula is C7H8ClF2N3. The highest BCUT2D eigenvalue weighted by Crippen LogP contribution is 2.58. The molecule has 0 bridgehead atoms. The summed E-state index contributed by atoms with van der Waals surface area (Å²) in [5.74, 6) is -2.86. The van der Waals surface area contributed by atoms with Gasteiger partial charge >= 0.3 is 0 Å². The minimum atomic E-state index is -2.86. The van der Waals surface area contributed by atoms with Crippen molar-refractivity contribution >= 4 is 11.6 Å². The van der Waals surface area contributed by atoms with E-state index in [2.05, 4.69) is 4.98 Å². The average Bonchev–Trinajstić information content (AvgIpc) is 2.35. The third-order valence-electron chi connectivity index (χ3n) is 2.34. The van der Waals surface area contributed by atoms with Crippen molar-refractivity contribution in [1.29, 1.82) is 0 Å². The van der Waals surface area contributed by atoms with E-state index < -0.39 is 11.5 Å². The molecule has 2 N–H and O–H groups in total. The summed E-state index contributed by atoms with van der Waals surface area (Å²) in [7, 11) is 1.59. The van der Waals surface area contributed by atoms with Crippen LogP contribution in [0.5, 0.6) is 0 Å². The molecule has 1 aromatic heterocycles. The number of imidazole rings is 1. The summed E-state index contributed by atoms with van der Waals surface area (Å²) in [6.45, 7) is 0. The summed E-state index contributed by atoms with van der Waals surface area (Å²) in [5, 5.41) is 0.0576. The molecule has 1 heterocycles. The Hall–Kier alpha value is -0.680. The zero-order valence-electron chi connectivity index (χ0n) is 6.89. The van der Waals surface area contributed by atoms with Crippen LogP contribution in [0.1, 0.15) is 12.1 Å². The number of hydrogen-bond donors (Lipinski definition) is 1. The van der Waals surface area contributed by atoms with Gasteiger partial charge in [0, 0.05) is 13.5 Å². The fourth-order valence-corrected chi connectivity index (χ4v) is 1.81. The fourth-order valence-electron chi connectivity index (χ4n) is 1.46. The molecule has 0 spiro atoms. The Morgan fingerprint density at radius 1 is 1.69 bits per heavy atom. The Bertz CT molecular complexity index is 343. The molecule has 3 nitrogen and oxygen atoms in total. The van der Waals surface area contributed by atoms with Crippen LogP contribution in [-0.2, 0) is 12.6 Å². The van der Waals surface area contributed by atoms with Crippen molar-refractivity contribution in [1.82, 2.24) is 9.55 Å². The summed E-state index contributed by atoms with van der Waals surface area (Å²) >= 11 is 5.65. The van der Waals surface area contributed by atoms with Gasteiger partial charge in [0.05, 0.1) is 12.0 Å². The van der Waals surface area contributed by atoms with Gasteiger partial charge in [-0.2, -0.15) is 0 Å². The molecule has 2 rings (SSSR count). The van der Waals surface area contributed by atoms with Gasteiger partial charge in [-0.25, -0.2) is 13.8 Å². The minimum Gasteiger partial charge on any atom is -0.335 e. The predicted molar refractivity (Wildman–Crippen MR) is 43.6 cm³/mol. The van der Waals surface area contributed by atoms with E-state index in [1.165, 1.54) is 10.9 Å². The number of aromatic nitrogens is 2. The van der Waals surface area contributed by atoms with E-state index in [-0.39, 0.29) is 17.3 Å². The summed E-state index contributed by atoms with van der Waals surface area (Å²) < 4.78 is 27.2. The molecule has 0 aromatic carbocycles. The molecule has 0 amide bonds. The van der Waals surface area contributed by atoms with Crippen molar-refractivity contribution in [3.63, 3.8) is 0 Å². The molecule has 1 saturated carbocycles. The van der Waals surface area contributed by atoms with Crippen LogP contribution in [-0.4, -0.2) is 15.5 Å². The summed E-state index contributed by atoms with van der Waals surface area (Å²) in [6.07, 6.45) is 1.01. The minimum absolute atomic E-state index is 0.0576. The van der Waals surface area contributed by atoms with Crippen LogP contribution in [0.3, 0.4) is 0 Å². The van der Waals surface area contributed by atoms with Crippen LogP contribution >= 0.6 is 11.6 Å². The van der Waals surface area contributed by atoms with Crippen molar-refractivity contribution in [2.75, 3.05) is 0 Å². The highest BCUT2D eigenvalue weighted by atomic mass is 35.5. The molecular weight excluding hydrogens is 200 g/mol. The molecule has 1 aliphatic carbocycles. The lowest BCUT2D eigenvalue weighted by atomic mass is 10.2. The largest absolute Gasteiger partial charge is 0.335 e. The Kier molecular flexibility index (Phi) is 1.52. The van der Waals surface area contributed by atoms with Gasteiger partial charge in [-0.1, -0.05) is 11.6 Å². The molecule has 1 aromatic rings. The van der Waals surface area contributed by atoms with Crippen LogP contribution in [0.2, 0.25) is 5.15 Å². The van der Waals surface area contributed by atoms with E-state index in [0.717, 1.165) is 0 Å². The third kappa shape index (κ3) is 1.00.